The van der Waals surface area contributed by atoms with Gasteiger partial charge in [-0.25, -0.2) is 0 Å². The van der Waals surface area contributed by atoms with Crippen LogP contribution in [0.1, 0.15) is 28.7 Å². The summed E-state index contributed by atoms with van der Waals surface area (Å²) in [4.78, 5) is 14.6. The zero-order valence-corrected chi connectivity index (χ0v) is 12.3. The molecule has 2 aromatic rings. The molecule has 1 saturated heterocycles. The number of rotatable bonds is 1. The number of amides is 1. The lowest BCUT2D eigenvalue weighted by Gasteiger charge is -2.43. The van der Waals surface area contributed by atoms with E-state index in [2.05, 4.69) is 40.5 Å². The van der Waals surface area contributed by atoms with Crippen molar-refractivity contribution < 1.29 is 4.79 Å². The normalized spacial score (nSPS) is 24.3. The molecule has 0 saturated carbocycles. The third-order valence-corrected chi connectivity index (χ3v) is 4.75. The summed E-state index contributed by atoms with van der Waals surface area (Å²) >= 11 is 0. The molecule has 1 amide bonds. The molecule has 2 aromatic carbocycles. The second kappa shape index (κ2) is 5.14. The molecule has 0 aliphatic carbocycles. The number of benzene rings is 2. The minimum Gasteiger partial charge on any atom is -0.398 e. The van der Waals surface area contributed by atoms with Crippen LogP contribution in [-0.4, -0.2) is 30.4 Å². The minimum absolute atomic E-state index is 0.0666. The van der Waals surface area contributed by atoms with E-state index in [1.807, 2.05) is 18.2 Å². The number of fused-ring (bicyclic) bond motifs is 3. The average Bonchev–Trinajstić information content (AvgIpc) is 2.55. The highest BCUT2D eigenvalue weighted by Gasteiger charge is 2.40. The molecule has 2 aliphatic heterocycles. The van der Waals surface area contributed by atoms with E-state index in [9.17, 15) is 4.79 Å². The summed E-state index contributed by atoms with van der Waals surface area (Å²) in [6, 6.07) is 16.2. The number of hydrogen-bond acceptors (Lipinski definition) is 3. The number of carbonyl (C=O) groups excluding carboxylic acids is 1. The largest absolute Gasteiger partial charge is 0.398 e. The van der Waals surface area contributed by atoms with Gasteiger partial charge in [0.05, 0.1) is 0 Å². The van der Waals surface area contributed by atoms with Crippen molar-refractivity contribution in [3.05, 3.63) is 65.2 Å². The van der Waals surface area contributed by atoms with Gasteiger partial charge in [0.2, 0.25) is 5.91 Å². The summed E-state index contributed by atoms with van der Waals surface area (Å²) in [5, 5.41) is 2.97. The van der Waals surface area contributed by atoms with Crippen molar-refractivity contribution in [2.45, 2.75) is 12.0 Å². The molecule has 0 unspecified atom stereocenters. The first-order valence-corrected chi connectivity index (χ1v) is 7.70. The van der Waals surface area contributed by atoms with Gasteiger partial charge in [-0.2, -0.15) is 0 Å². The molecule has 4 heteroatoms. The second-order valence-electron chi connectivity index (χ2n) is 6.00. The first kappa shape index (κ1) is 13.3. The van der Waals surface area contributed by atoms with Gasteiger partial charge >= 0.3 is 0 Å². The van der Waals surface area contributed by atoms with Crippen LogP contribution in [0.5, 0.6) is 0 Å². The molecular weight excluding hydrogens is 274 g/mol. The summed E-state index contributed by atoms with van der Waals surface area (Å²) in [6.07, 6.45) is 0. The van der Waals surface area contributed by atoms with E-state index in [1.165, 1.54) is 11.1 Å². The van der Waals surface area contributed by atoms with E-state index < -0.39 is 0 Å². The Hall–Kier alpha value is -2.33. The Balaban J connectivity index is 1.88. The maximum atomic E-state index is 12.4. The van der Waals surface area contributed by atoms with Gasteiger partial charge in [0, 0.05) is 36.8 Å². The van der Waals surface area contributed by atoms with Crippen LogP contribution >= 0.6 is 0 Å². The molecule has 4 nitrogen and oxygen atoms in total. The van der Waals surface area contributed by atoms with Gasteiger partial charge in [0.25, 0.3) is 0 Å². The number of nitrogen functional groups attached to an aromatic ring is 1. The Morgan fingerprint density at radius 1 is 1.09 bits per heavy atom. The van der Waals surface area contributed by atoms with E-state index in [4.69, 9.17) is 5.73 Å². The smallest absolute Gasteiger partial charge is 0.242 e. The summed E-state index contributed by atoms with van der Waals surface area (Å²) < 4.78 is 0. The second-order valence-corrected chi connectivity index (χ2v) is 6.00. The quantitative estimate of drug-likeness (QED) is 0.789. The van der Waals surface area contributed by atoms with Crippen molar-refractivity contribution >= 4 is 11.6 Å². The highest BCUT2D eigenvalue weighted by molar-refractivity contribution is 5.87. The lowest BCUT2D eigenvalue weighted by atomic mass is 9.80. The summed E-state index contributed by atoms with van der Waals surface area (Å²) in [7, 11) is 0. The van der Waals surface area contributed by atoms with Crippen molar-refractivity contribution in [2.75, 3.05) is 25.4 Å². The van der Waals surface area contributed by atoms with Crippen LogP contribution in [0.3, 0.4) is 0 Å². The van der Waals surface area contributed by atoms with Crippen LogP contribution in [0, 0.1) is 0 Å². The number of piperazine rings is 1. The van der Waals surface area contributed by atoms with Crippen molar-refractivity contribution in [1.82, 2.24) is 10.2 Å². The molecule has 0 radical (unpaired) electrons. The van der Waals surface area contributed by atoms with Gasteiger partial charge in [-0.1, -0.05) is 42.5 Å². The number of nitrogens with two attached hydrogens (primary N) is 1. The van der Waals surface area contributed by atoms with Gasteiger partial charge in [-0.3, -0.25) is 9.69 Å². The van der Waals surface area contributed by atoms with E-state index in [-0.39, 0.29) is 17.9 Å². The first-order chi connectivity index (χ1) is 10.8. The van der Waals surface area contributed by atoms with Crippen LogP contribution in [0.2, 0.25) is 0 Å². The monoisotopic (exact) mass is 293 g/mol. The molecule has 22 heavy (non-hydrogen) atoms. The standard InChI is InChI=1S/C18H19N3O/c19-15-8-4-7-13-14(12-5-2-1-3-6-12)11-21-10-9-20-18(22)17(21)16(13)15/h1-8,14,17H,9-11,19H2,(H,20,22)/t14-,17+/m0/s1. The average molecular weight is 293 g/mol. The maximum Gasteiger partial charge on any atom is 0.242 e. The third-order valence-electron chi connectivity index (χ3n) is 4.75. The number of hydrogen-bond donors (Lipinski definition) is 2. The molecule has 4 rings (SSSR count). The number of carbonyl (C=O) groups is 1. The zero-order valence-electron chi connectivity index (χ0n) is 12.3. The van der Waals surface area contributed by atoms with E-state index >= 15 is 0 Å². The summed E-state index contributed by atoms with van der Waals surface area (Å²) in [5.41, 5.74) is 10.4. The molecule has 2 aliphatic rings. The van der Waals surface area contributed by atoms with Crippen molar-refractivity contribution in [1.29, 1.82) is 0 Å². The molecule has 2 atom stereocenters. The SMILES string of the molecule is Nc1cccc2c1[C@@H]1C(=O)NCCN1C[C@H]2c1ccccc1. The Labute approximate surface area is 129 Å². The first-order valence-electron chi connectivity index (χ1n) is 7.70. The molecule has 112 valence electrons. The van der Waals surface area contributed by atoms with Crippen LogP contribution in [0.4, 0.5) is 5.69 Å². The van der Waals surface area contributed by atoms with E-state index in [0.29, 0.717) is 12.2 Å². The predicted molar refractivity (Wildman–Crippen MR) is 86.5 cm³/mol. The van der Waals surface area contributed by atoms with Crippen molar-refractivity contribution in [3.63, 3.8) is 0 Å². The van der Waals surface area contributed by atoms with Crippen molar-refractivity contribution in [2.24, 2.45) is 0 Å². The molecule has 0 bridgehead atoms. The van der Waals surface area contributed by atoms with Crippen LogP contribution in [0.15, 0.2) is 48.5 Å². The maximum absolute atomic E-state index is 12.4. The van der Waals surface area contributed by atoms with Gasteiger partial charge in [-0.05, 0) is 17.2 Å². The predicted octanol–water partition coefficient (Wildman–Crippen LogP) is 1.89. The Kier molecular flexibility index (Phi) is 3.12. The number of nitrogens with one attached hydrogen (secondary N) is 1. The van der Waals surface area contributed by atoms with E-state index in [0.717, 1.165) is 18.7 Å². The van der Waals surface area contributed by atoms with Gasteiger partial charge in [0.1, 0.15) is 6.04 Å². The molecule has 0 aromatic heterocycles. The zero-order chi connectivity index (χ0) is 15.1. The molecule has 1 fully saturated rings. The Bertz CT molecular complexity index is 714. The van der Waals surface area contributed by atoms with Crippen LogP contribution in [-0.2, 0) is 4.79 Å². The third kappa shape index (κ3) is 1.99. The van der Waals surface area contributed by atoms with Gasteiger partial charge in [0.15, 0.2) is 0 Å². The Morgan fingerprint density at radius 2 is 1.91 bits per heavy atom. The summed E-state index contributed by atoms with van der Waals surface area (Å²) in [5.74, 6) is 0.332. The lowest BCUT2D eigenvalue weighted by molar-refractivity contribution is -0.129. The highest BCUT2D eigenvalue weighted by Crippen LogP contribution is 2.42. The fraction of sp³-hybridized carbons (Fsp3) is 0.278. The molecule has 0 spiro atoms. The lowest BCUT2D eigenvalue weighted by Crippen LogP contribution is -2.53. The molecular formula is C18H19N3O. The molecule has 2 heterocycles. The van der Waals surface area contributed by atoms with Gasteiger partial charge in [-0.15, -0.1) is 0 Å². The van der Waals surface area contributed by atoms with Crippen LogP contribution < -0.4 is 11.1 Å². The van der Waals surface area contributed by atoms with E-state index in [1.54, 1.807) is 0 Å². The fourth-order valence-electron chi connectivity index (χ4n) is 3.75. The van der Waals surface area contributed by atoms with Crippen molar-refractivity contribution in [3.8, 4) is 0 Å². The summed E-state index contributed by atoms with van der Waals surface area (Å²) in [6.45, 7) is 2.44. The van der Waals surface area contributed by atoms with Gasteiger partial charge < -0.3 is 11.1 Å². The topological polar surface area (TPSA) is 58.4 Å². The molecule has 3 N–H and O–H groups in total. The highest BCUT2D eigenvalue weighted by atomic mass is 16.2. The van der Waals surface area contributed by atoms with Crippen LogP contribution in [0.25, 0.3) is 0 Å². The fourth-order valence-corrected chi connectivity index (χ4v) is 3.75. The minimum atomic E-state index is -0.245. The number of anilines is 1. The number of nitrogens with zero attached hydrogens (tertiary/aromatic N) is 1. The Morgan fingerprint density at radius 3 is 2.73 bits per heavy atom.